The van der Waals surface area contributed by atoms with Crippen molar-refractivity contribution in [2.75, 3.05) is 10.6 Å². The topological polar surface area (TPSA) is 58.2 Å². The Bertz CT molecular complexity index is 1660. The maximum absolute atomic E-state index is 13.0. The van der Waals surface area contributed by atoms with Crippen LogP contribution in [0.1, 0.15) is 97.3 Å². The van der Waals surface area contributed by atoms with E-state index in [1.807, 2.05) is 27.7 Å². The molecule has 4 nitrogen and oxygen atoms in total. The first-order valence-corrected chi connectivity index (χ1v) is 15.7. The molecular weight excluding hydrogens is 630 g/mol. The zero-order valence-electron chi connectivity index (χ0n) is 27.0. The van der Waals surface area contributed by atoms with Crippen LogP contribution in [0.4, 0.5) is 37.7 Å². The van der Waals surface area contributed by atoms with Crippen LogP contribution in [-0.4, -0.2) is 11.8 Å². The molecule has 1 fully saturated rings. The molecule has 5 rings (SSSR count). The van der Waals surface area contributed by atoms with E-state index in [0.717, 1.165) is 114 Å². The van der Waals surface area contributed by atoms with Gasteiger partial charge in [0.2, 0.25) is 0 Å². The Kier molecular flexibility index (Phi) is 9.50. The number of hydrogen-bond donors (Lipinski definition) is 2. The lowest BCUT2D eigenvalue weighted by Crippen LogP contribution is -2.31. The van der Waals surface area contributed by atoms with Gasteiger partial charge < -0.3 is 10.6 Å². The van der Waals surface area contributed by atoms with Crippen LogP contribution in [0.5, 0.6) is 0 Å². The Morgan fingerprint density at radius 2 is 0.854 bits per heavy atom. The summed E-state index contributed by atoms with van der Waals surface area (Å²) in [4.78, 5) is 26.0. The van der Waals surface area contributed by atoms with Crippen molar-refractivity contribution in [1.82, 2.24) is 0 Å². The van der Waals surface area contributed by atoms with Crippen molar-refractivity contribution in [1.29, 1.82) is 0 Å². The Hall–Kier alpha value is -4.60. The molecule has 252 valence electrons. The number of alkyl halides is 6. The van der Waals surface area contributed by atoms with Crippen molar-refractivity contribution in [3.63, 3.8) is 0 Å². The van der Waals surface area contributed by atoms with Crippen molar-refractivity contribution in [2.24, 2.45) is 0 Å². The van der Waals surface area contributed by atoms with Gasteiger partial charge in [-0.2, -0.15) is 26.3 Å². The average molecular weight is 667 g/mol. The lowest BCUT2D eigenvalue weighted by Gasteiger charge is -2.40. The van der Waals surface area contributed by atoms with E-state index in [1.165, 1.54) is 0 Å². The molecule has 2 N–H and O–H groups in total. The summed E-state index contributed by atoms with van der Waals surface area (Å²) in [6, 6.07) is 16.4. The molecule has 2 amide bonds. The Morgan fingerprint density at radius 1 is 0.542 bits per heavy atom. The maximum atomic E-state index is 13.0. The third kappa shape index (κ3) is 7.12. The number of rotatable bonds is 6. The van der Waals surface area contributed by atoms with Gasteiger partial charge >= 0.3 is 12.4 Å². The monoisotopic (exact) mass is 666 g/mol. The van der Waals surface area contributed by atoms with Crippen LogP contribution < -0.4 is 10.6 Å². The summed E-state index contributed by atoms with van der Waals surface area (Å²) >= 11 is 0. The van der Waals surface area contributed by atoms with Crippen LogP contribution >= 0.6 is 0 Å². The number of carbonyl (C=O) groups excluding carboxylic acids is 2. The second-order valence-electron chi connectivity index (χ2n) is 12.7. The van der Waals surface area contributed by atoms with Crippen molar-refractivity contribution in [2.45, 2.75) is 77.6 Å². The predicted molar refractivity (Wildman–Crippen MR) is 174 cm³/mol. The van der Waals surface area contributed by atoms with E-state index < -0.39 is 35.3 Å². The van der Waals surface area contributed by atoms with Crippen molar-refractivity contribution >= 4 is 23.2 Å². The third-order valence-corrected chi connectivity index (χ3v) is 9.30. The van der Waals surface area contributed by atoms with Crippen LogP contribution in [0.25, 0.3) is 0 Å². The summed E-state index contributed by atoms with van der Waals surface area (Å²) < 4.78 is 78.0. The summed E-state index contributed by atoms with van der Waals surface area (Å²) in [5.41, 5.74) is 4.91. The number of halogens is 6. The highest BCUT2D eigenvalue weighted by atomic mass is 19.4. The fourth-order valence-corrected chi connectivity index (χ4v) is 6.77. The predicted octanol–water partition coefficient (Wildman–Crippen LogP) is 10.7. The number of hydrogen-bond acceptors (Lipinski definition) is 2. The van der Waals surface area contributed by atoms with Gasteiger partial charge in [-0.15, -0.1) is 0 Å². The van der Waals surface area contributed by atoms with E-state index in [1.54, 1.807) is 0 Å². The number of nitrogens with one attached hydrogen (secondary N) is 2. The lowest BCUT2D eigenvalue weighted by atomic mass is 9.64. The van der Waals surface area contributed by atoms with Gasteiger partial charge in [0, 0.05) is 27.9 Å². The molecule has 0 spiro atoms. The maximum Gasteiger partial charge on any atom is 0.416 e. The molecule has 0 radical (unpaired) electrons. The Labute approximate surface area is 275 Å². The summed E-state index contributed by atoms with van der Waals surface area (Å²) in [6.45, 7) is 7.58. The zero-order chi connectivity index (χ0) is 35.0. The van der Waals surface area contributed by atoms with Gasteiger partial charge in [0.1, 0.15) is 0 Å². The smallest absolute Gasteiger partial charge is 0.322 e. The van der Waals surface area contributed by atoms with Gasteiger partial charge in [0.15, 0.2) is 0 Å². The summed E-state index contributed by atoms with van der Waals surface area (Å²) in [7, 11) is 0. The molecule has 48 heavy (non-hydrogen) atoms. The van der Waals surface area contributed by atoms with E-state index >= 15 is 0 Å². The summed E-state index contributed by atoms with van der Waals surface area (Å²) in [5, 5.41) is 5.77. The highest BCUT2D eigenvalue weighted by molar-refractivity contribution is 6.06. The van der Waals surface area contributed by atoms with Crippen molar-refractivity contribution in [3.8, 4) is 0 Å². The fourth-order valence-electron chi connectivity index (χ4n) is 6.77. The van der Waals surface area contributed by atoms with Crippen molar-refractivity contribution in [3.05, 3.63) is 128 Å². The molecule has 0 atom stereocenters. The van der Waals surface area contributed by atoms with Gasteiger partial charge in [0.05, 0.1) is 11.1 Å². The number of carbonyl (C=O) groups is 2. The van der Waals surface area contributed by atoms with E-state index in [0.29, 0.717) is 11.4 Å². The second-order valence-corrected chi connectivity index (χ2v) is 12.7. The average Bonchev–Trinajstić information content (AvgIpc) is 3.03. The van der Waals surface area contributed by atoms with E-state index in [9.17, 15) is 35.9 Å². The van der Waals surface area contributed by atoms with E-state index in [-0.39, 0.29) is 16.5 Å². The highest BCUT2D eigenvalue weighted by Gasteiger charge is 2.37. The molecule has 1 aliphatic rings. The Morgan fingerprint density at radius 3 is 1.15 bits per heavy atom. The SMILES string of the molecule is Cc1cc(C2(c3cc(C)c(NC(=O)c4ccc(C(F)(F)F)cc4)c(C)c3)CCCCC2)cc(C)c1NC(=O)c1ccc(C(F)(F)F)cc1. The molecule has 4 aromatic carbocycles. The van der Waals surface area contributed by atoms with Crippen LogP contribution in [0, 0.1) is 27.7 Å². The minimum absolute atomic E-state index is 0.117. The van der Waals surface area contributed by atoms with Gasteiger partial charge in [0.25, 0.3) is 11.8 Å². The second kappa shape index (κ2) is 13.1. The fraction of sp³-hybridized carbons (Fsp3) is 0.316. The lowest BCUT2D eigenvalue weighted by molar-refractivity contribution is -0.138. The van der Waals surface area contributed by atoms with E-state index in [2.05, 4.69) is 34.9 Å². The molecule has 0 aromatic heterocycles. The Balaban J connectivity index is 1.43. The van der Waals surface area contributed by atoms with Gasteiger partial charge in [-0.25, -0.2) is 0 Å². The molecule has 0 unspecified atom stereocenters. The number of aryl methyl sites for hydroxylation is 4. The van der Waals surface area contributed by atoms with E-state index in [4.69, 9.17) is 0 Å². The number of amides is 2. The zero-order valence-corrected chi connectivity index (χ0v) is 27.0. The first kappa shape index (κ1) is 34.7. The highest BCUT2D eigenvalue weighted by Crippen LogP contribution is 2.47. The first-order valence-electron chi connectivity index (χ1n) is 15.7. The minimum atomic E-state index is -4.49. The molecule has 10 heteroatoms. The number of benzene rings is 4. The molecule has 0 heterocycles. The van der Waals surface area contributed by atoms with Crippen LogP contribution in [0.15, 0.2) is 72.8 Å². The first-order chi connectivity index (χ1) is 22.5. The molecule has 0 bridgehead atoms. The van der Waals surface area contributed by atoms with Crippen molar-refractivity contribution < 1.29 is 35.9 Å². The molecule has 0 aliphatic heterocycles. The van der Waals surface area contributed by atoms with Crippen LogP contribution in [-0.2, 0) is 17.8 Å². The van der Waals surface area contributed by atoms with Crippen LogP contribution in [0.2, 0.25) is 0 Å². The molecular formula is C38H36F6N2O2. The molecule has 0 saturated heterocycles. The molecule has 4 aromatic rings. The molecule has 1 saturated carbocycles. The standard InChI is InChI=1S/C38H36F6N2O2/c1-22-18-30(19-23(2)32(22)45-34(47)26-8-12-28(13-9-26)37(39,40)41)36(16-6-5-7-17-36)31-20-24(3)33(25(4)21-31)46-35(48)27-10-14-29(15-11-27)38(42,43)44/h8-15,18-21H,5-7,16-17H2,1-4H3,(H,45,47)(H,46,48). The van der Waals surface area contributed by atoms with Crippen LogP contribution in [0.3, 0.4) is 0 Å². The normalized spacial score (nSPS) is 14.8. The third-order valence-electron chi connectivity index (χ3n) is 9.30. The van der Waals surface area contributed by atoms with Gasteiger partial charge in [-0.3, -0.25) is 9.59 Å². The quantitative estimate of drug-likeness (QED) is 0.201. The minimum Gasteiger partial charge on any atom is -0.322 e. The largest absolute Gasteiger partial charge is 0.416 e. The number of anilines is 2. The molecule has 1 aliphatic carbocycles. The van der Waals surface area contributed by atoms with Gasteiger partial charge in [-0.1, -0.05) is 43.5 Å². The van der Waals surface area contributed by atoms with Gasteiger partial charge in [-0.05, 0) is 122 Å². The summed E-state index contributed by atoms with van der Waals surface area (Å²) in [6.07, 6.45) is -4.09. The summed E-state index contributed by atoms with van der Waals surface area (Å²) in [5.74, 6) is -1.01.